The summed E-state index contributed by atoms with van der Waals surface area (Å²) in [6.07, 6.45) is -4.62. The van der Waals surface area contributed by atoms with Gasteiger partial charge in [-0.3, -0.25) is 4.79 Å². The molecule has 0 saturated carbocycles. The molecule has 3 rings (SSSR count). The number of methoxy groups -OCH3 is 2. The lowest BCUT2D eigenvalue weighted by Crippen LogP contribution is -2.62. The zero-order valence-electron chi connectivity index (χ0n) is 31.1. The van der Waals surface area contributed by atoms with Gasteiger partial charge >= 0.3 is 0 Å². The van der Waals surface area contributed by atoms with Gasteiger partial charge < -0.3 is 69.2 Å². The topological polar surface area (TPSA) is 230 Å². The van der Waals surface area contributed by atoms with E-state index in [1.54, 1.807) is 6.92 Å². The monoisotopic (exact) mass is 739 g/mol. The minimum absolute atomic E-state index is 0.142. The Morgan fingerprint density at radius 1 is 0.904 bits per heavy atom. The maximum Gasteiger partial charge on any atom is 0.238 e. The van der Waals surface area contributed by atoms with Gasteiger partial charge in [0.25, 0.3) is 0 Å². The van der Waals surface area contributed by atoms with E-state index in [9.17, 15) is 40.5 Å². The fraction of sp³-hybridized carbons (Fsp3) is 0.649. The van der Waals surface area contributed by atoms with Crippen LogP contribution in [0.15, 0.2) is 51.9 Å². The van der Waals surface area contributed by atoms with Crippen molar-refractivity contribution < 1.29 is 64.2 Å². The van der Waals surface area contributed by atoms with E-state index < -0.39 is 80.7 Å². The van der Waals surface area contributed by atoms with Crippen molar-refractivity contribution in [1.29, 1.82) is 0 Å². The summed E-state index contributed by atoms with van der Waals surface area (Å²) in [5, 5.41) is 72.0. The number of pyridine rings is 1. The lowest BCUT2D eigenvalue weighted by molar-refractivity contribution is -0.335. The van der Waals surface area contributed by atoms with E-state index in [1.807, 2.05) is 65.0 Å². The summed E-state index contributed by atoms with van der Waals surface area (Å²) in [6, 6.07) is 0. The predicted octanol–water partition coefficient (Wildman–Crippen LogP) is 0.694. The van der Waals surface area contributed by atoms with Crippen molar-refractivity contribution in [1.82, 2.24) is 4.98 Å². The van der Waals surface area contributed by atoms with Crippen molar-refractivity contribution in [2.24, 2.45) is 5.92 Å². The molecule has 2 saturated heterocycles. The maximum atomic E-state index is 12.6. The highest BCUT2D eigenvalue weighted by Crippen LogP contribution is 2.30. The molecule has 2 aliphatic heterocycles. The first-order valence-electron chi connectivity index (χ1n) is 17.3. The average Bonchev–Trinajstić information content (AvgIpc) is 3.12. The zero-order valence-corrected chi connectivity index (χ0v) is 31.1. The van der Waals surface area contributed by atoms with Gasteiger partial charge in [-0.2, -0.15) is 0 Å². The smallest absolute Gasteiger partial charge is 0.238 e. The molecule has 15 nitrogen and oxygen atoms in total. The summed E-state index contributed by atoms with van der Waals surface area (Å²) in [5.74, 6) is 0.193. The fourth-order valence-electron chi connectivity index (χ4n) is 6.10. The van der Waals surface area contributed by atoms with Crippen molar-refractivity contribution in [3.63, 3.8) is 0 Å². The van der Waals surface area contributed by atoms with E-state index in [4.69, 9.17) is 28.4 Å². The number of hydrogen-bond donors (Lipinski definition) is 8. The van der Waals surface area contributed by atoms with Crippen LogP contribution in [0.2, 0.25) is 0 Å². The van der Waals surface area contributed by atoms with E-state index in [1.165, 1.54) is 14.2 Å². The van der Waals surface area contributed by atoms with E-state index in [-0.39, 0.29) is 23.0 Å². The standard InChI is InChI=1S/C37H57NO14/c1-9-20(4)33(21(5)15-19(3)12-10-11-18(2)13-14-23-22(6)26(40)34(47-7)35(38-23)48-8)52-37-32(46)30(44)28(42)25(51-37)17-49-36-31(45)29(43)27(41)24(16-39)50-36/h9-10,12-13,15,21,24-25,27-33,36-37,39,41-46H,11,14,16-17H2,1-8H3,(H,38,40)/t21-,24-,25-,27+,28-,29+,30+,31-,32-,33+,36+,37+/m1/s1. The Kier molecular flexibility index (Phi) is 16.7. The Morgan fingerprint density at radius 2 is 1.52 bits per heavy atom. The number of rotatable bonds is 16. The Balaban J connectivity index is 1.66. The minimum Gasteiger partial charge on any atom is -0.488 e. The molecule has 294 valence electrons. The lowest BCUT2D eigenvalue weighted by Gasteiger charge is -2.43. The Bertz CT molecular complexity index is 1490. The van der Waals surface area contributed by atoms with Crippen LogP contribution in [0.4, 0.5) is 0 Å². The minimum atomic E-state index is -1.67. The second-order valence-electron chi connectivity index (χ2n) is 13.4. The molecule has 0 radical (unpaired) electrons. The molecule has 0 aromatic carbocycles. The van der Waals surface area contributed by atoms with Gasteiger partial charge in [0, 0.05) is 23.6 Å². The normalized spacial score (nSPS) is 31.9. The van der Waals surface area contributed by atoms with Crippen LogP contribution in [-0.2, 0) is 25.4 Å². The summed E-state index contributed by atoms with van der Waals surface area (Å²) in [6.45, 7) is 10.2. The van der Waals surface area contributed by atoms with E-state index in [0.29, 0.717) is 18.4 Å². The summed E-state index contributed by atoms with van der Waals surface area (Å²) in [4.78, 5) is 15.8. The SMILES string of the molecule is CC=C(C)[C@H](O[C@@H]1O[C@H](CO[C@H]2O[C@H](CO)[C@H](O)[C@H](O)[C@H]2O)[C@@H](O)[C@H](O)[C@H]1O)[C@H](C)C=C(C)C=CCC(C)=CCc1[nH]c(OC)c(OC)c(=O)c1C. The molecule has 3 heterocycles. The molecule has 0 bridgehead atoms. The molecular weight excluding hydrogens is 682 g/mol. The first-order chi connectivity index (χ1) is 24.6. The van der Waals surface area contributed by atoms with Crippen LogP contribution < -0.4 is 14.9 Å². The van der Waals surface area contributed by atoms with Gasteiger partial charge in [-0.15, -0.1) is 0 Å². The Labute approximate surface area is 304 Å². The number of ether oxygens (including phenoxy) is 6. The number of aliphatic hydroxyl groups excluding tert-OH is 7. The van der Waals surface area contributed by atoms with Crippen LogP contribution in [0.25, 0.3) is 0 Å². The van der Waals surface area contributed by atoms with Gasteiger partial charge in [-0.1, -0.05) is 48.5 Å². The maximum absolute atomic E-state index is 12.6. The first kappa shape index (κ1) is 43.5. The molecule has 1 aromatic heterocycles. The van der Waals surface area contributed by atoms with Gasteiger partial charge in [-0.25, -0.2) is 0 Å². The molecule has 0 unspecified atom stereocenters. The van der Waals surface area contributed by atoms with Crippen molar-refractivity contribution in [2.45, 2.75) is 122 Å². The predicted molar refractivity (Wildman–Crippen MR) is 190 cm³/mol. The Hall–Kier alpha value is -2.93. The molecule has 0 aliphatic carbocycles. The molecule has 2 aliphatic rings. The molecule has 15 heteroatoms. The number of aromatic nitrogens is 1. The summed E-state index contributed by atoms with van der Waals surface area (Å²) in [5.41, 5.74) is 3.95. The first-order valence-corrected chi connectivity index (χ1v) is 17.3. The van der Waals surface area contributed by atoms with Crippen molar-refractivity contribution in [3.8, 4) is 11.6 Å². The van der Waals surface area contributed by atoms with Crippen LogP contribution in [0.1, 0.15) is 52.3 Å². The Morgan fingerprint density at radius 3 is 2.12 bits per heavy atom. The zero-order chi connectivity index (χ0) is 38.9. The van der Waals surface area contributed by atoms with Crippen molar-refractivity contribution in [3.05, 3.63) is 68.6 Å². The lowest BCUT2D eigenvalue weighted by atomic mass is 9.94. The quantitative estimate of drug-likeness (QED) is 0.0862. The fourth-order valence-corrected chi connectivity index (χ4v) is 6.10. The van der Waals surface area contributed by atoms with Gasteiger partial charge in [-0.05, 0) is 46.6 Å². The molecule has 52 heavy (non-hydrogen) atoms. The molecule has 0 spiro atoms. The van der Waals surface area contributed by atoms with Gasteiger partial charge in [0.15, 0.2) is 12.6 Å². The van der Waals surface area contributed by atoms with E-state index >= 15 is 0 Å². The molecule has 12 atom stereocenters. The summed E-state index contributed by atoms with van der Waals surface area (Å²) >= 11 is 0. The number of aliphatic hydroxyl groups is 7. The molecule has 2 fully saturated rings. The second kappa shape index (κ2) is 19.9. The van der Waals surface area contributed by atoms with E-state index in [2.05, 4.69) is 4.98 Å². The van der Waals surface area contributed by atoms with Crippen LogP contribution in [0.5, 0.6) is 11.6 Å². The van der Waals surface area contributed by atoms with Gasteiger partial charge in [0.05, 0.1) is 33.5 Å². The summed E-state index contributed by atoms with van der Waals surface area (Å²) < 4.78 is 33.5. The number of hydrogen-bond acceptors (Lipinski definition) is 14. The highest BCUT2D eigenvalue weighted by atomic mass is 16.7. The number of nitrogens with one attached hydrogen (secondary N) is 1. The van der Waals surface area contributed by atoms with Gasteiger partial charge in [0.1, 0.15) is 48.8 Å². The van der Waals surface area contributed by atoms with Crippen LogP contribution in [0.3, 0.4) is 0 Å². The van der Waals surface area contributed by atoms with Crippen molar-refractivity contribution >= 4 is 0 Å². The largest absolute Gasteiger partial charge is 0.488 e. The van der Waals surface area contributed by atoms with Crippen molar-refractivity contribution in [2.75, 3.05) is 27.4 Å². The highest BCUT2D eigenvalue weighted by molar-refractivity contribution is 5.40. The molecule has 8 N–H and O–H groups in total. The third kappa shape index (κ3) is 10.6. The third-order valence-electron chi connectivity index (χ3n) is 9.48. The molecule has 0 amide bonds. The number of H-pyrrole nitrogens is 1. The van der Waals surface area contributed by atoms with E-state index in [0.717, 1.165) is 22.4 Å². The van der Waals surface area contributed by atoms with Gasteiger partial charge in [0.2, 0.25) is 17.1 Å². The highest BCUT2D eigenvalue weighted by Gasteiger charge is 2.48. The average molecular weight is 740 g/mol. The number of allylic oxidation sites excluding steroid dienone is 6. The third-order valence-corrected chi connectivity index (χ3v) is 9.48. The molecule has 1 aromatic rings. The molecular formula is C37H57NO14. The van der Waals surface area contributed by atoms with Crippen LogP contribution in [0, 0.1) is 12.8 Å². The number of aromatic amines is 1. The van der Waals surface area contributed by atoms with Crippen LogP contribution in [-0.4, -0.2) is 136 Å². The second-order valence-corrected chi connectivity index (χ2v) is 13.4. The summed E-state index contributed by atoms with van der Waals surface area (Å²) in [7, 11) is 2.89. The van der Waals surface area contributed by atoms with Crippen LogP contribution >= 0.6 is 0 Å².